The van der Waals surface area contributed by atoms with Crippen molar-refractivity contribution in [1.29, 1.82) is 0 Å². The Hall–Kier alpha value is -1.32. The van der Waals surface area contributed by atoms with E-state index in [1.54, 1.807) is 12.1 Å². The van der Waals surface area contributed by atoms with Gasteiger partial charge < -0.3 is 4.74 Å². The van der Waals surface area contributed by atoms with Gasteiger partial charge in [0.25, 0.3) is 0 Å². The lowest BCUT2D eigenvalue weighted by Crippen LogP contribution is -2.01. The average molecular weight is 303 g/mol. The molecule has 0 saturated carbocycles. The summed E-state index contributed by atoms with van der Waals surface area (Å²) in [6, 6.07) is 8.48. The second kappa shape index (κ2) is 6.22. The molecule has 2 aromatic rings. The van der Waals surface area contributed by atoms with Crippen LogP contribution in [-0.2, 0) is 12.5 Å². The van der Waals surface area contributed by atoms with E-state index in [0.29, 0.717) is 11.1 Å². The van der Waals surface area contributed by atoms with Gasteiger partial charge in [-0.2, -0.15) is 0 Å². The first-order chi connectivity index (χ1) is 9.11. The molecule has 0 atom stereocenters. The molecule has 0 aliphatic carbocycles. The molecule has 5 heteroatoms. The number of rotatable bonds is 4. The number of hydrogen-bond acceptors (Lipinski definition) is 1. The Balaban J connectivity index is 2.19. The molecule has 0 unspecified atom stereocenters. The van der Waals surface area contributed by atoms with Crippen molar-refractivity contribution in [1.82, 2.24) is 0 Å². The Kier molecular flexibility index (Phi) is 4.61. The first-order valence-electron chi connectivity index (χ1n) is 5.52. The summed E-state index contributed by atoms with van der Waals surface area (Å²) in [5, 5.41) is 0.240. The van der Waals surface area contributed by atoms with E-state index < -0.39 is 11.6 Å². The van der Waals surface area contributed by atoms with E-state index in [9.17, 15) is 8.78 Å². The minimum Gasteiger partial charge on any atom is -0.485 e. The average Bonchev–Trinajstić information content (AvgIpc) is 2.39. The Labute approximate surface area is 119 Å². The van der Waals surface area contributed by atoms with Gasteiger partial charge in [-0.1, -0.05) is 29.8 Å². The molecule has 0 aromatic heterocycles. The van der Waals surface area contributed by atoms with Crippen LogP contribution in [0, 0.1) is 11.6 Å². The highest BCUT2D eigenvalue weighted by molar-refractivity contribution is 6.31. The molecule has 0 bridgehead atoms. The Morgan fingerprint density at radius 1 is 1.05 bits per heavy atom. The van der Waals surface area contributed by atoms with Crippen LogP contribution in [0.1, 0.15) is 11.1 Å². The summed E-state index contributed by atoms with van der Waals surface area (Å²) < 4.78 is 31.9. The topological polar surface area (TPSA) is 9.23 Å². The number of ether oxygens (including phenoxy) is 1. The first-order valence-corrected chi connectivity index (χ1v) is 6.43. The summed E-state index contributed by atoms with van der Waals surface area (Å²) in [4.78, 5) is 0. The minimum atomic E-state index is -0.489. The van der Waals surface area contributed by atoms with Crippen molar-refractivity contribution in [3.8, 4) is 5.75 Å². The molecule has 0 aliphatic rings. The minimum absolute atomic E-state index is 0.0456. The lowest BCUT2D eigenvalue weighted by molar-refractivity contribution is 0.288. The maximum absolute atomic E-state index is 13.6. The van der Waals surface area contributed by atoms with E-state index >= 15 is 0 Å². The number of alkyl halides is 1. The van der Waals surface area contributed by atoms with Crippen LogP contribution in [0.5, 0.6) is 5.75 Å². The fraction of sp³-hybridized carbons (Fsp3) is 0.143. The first kappa shape index (κ1) is 14.1. The van der Waals surface area contributed by atoms with E-state index in [4.69, 9.17) is 27.9 Å². The van der Waals surface area contributed by atoms with Gasteiger partial charge in [-0.25, -0.2) is 8.78 Å². The number of hydrogen-bond donors (Lipinski definition) is 0. The lowest BCUT2D eigenvalue weighted by atomic mass is 10.2. The molecule has 19 heavy (non-hydrogen) atoms. The van der Waals surface area contributed by atoms with Crippen LogP contribution >= 0.6 is 23.2 Å². The fourth-order valence-corrected chi connectivity index (χ4v) is 2.04. The molecule has 0 aliphatic heterocycles. The van der Waals surface area contributed by atoms with Gasteiger partial charge in [0.15, 0.2) is 11.6 Å². The van der Waals surface area contributed by atoms with Crippen LogP contribution < -0.4 is 4.74 Å². The number of para-hydroxylation sites is 1. The zero-order chi connectivity index (χ0) is 13.8. The standard InChI is InChI=1S/C14H10Cl2F2O/c15-7-9-2-1-3-13(18)14(9)19-8-10-4-5-11(17)6-12(10)16/h1-6H,7-8H2. The monoisotopic (exact) mass is 302 g/mol. The summed E-state index contributed by atoms with van der Waals surface area (Å²) in [5.74, 6) is -0.681. The molecule has 0 fully saturated rings. The molecule has 0 heterocycles. The Morgan fingerprint density at radius 2 is 1.84 bits per heavy atom. The normalized spacial score (nSPS) is 10.5. The third-order valence-electron chi connectivity index (χ3n) is 2.58. The van der Waals surface area contributed by atoms with E-state index in [0.717, 1.165) is 0 Å². The molecule has 0 amide bonds. The molecule has 0 spiro atoms. The second-order valence-electron chi connectivity index (χ2n) is 3.89. The summed E-state index contributed by atoms with van der Waals surface area (Å²) >= 11 is 11.6. The lowest BCUT2D eigenvalue weighted by Gasteiger charge is -2.11. The van der Waals surface area contributed by atoms with Crippen LogP contribution in [0.2, 0.25) is 5.02 Å². The van der Waals surface area contributed by atoms with Crippen LogP contribution in [0.3, 0.4) is 0 Å². The second-order valence-corrected chi connectivity index (χ2v) is 4.56. The van der Waals surface area contributed by atoms with Gasteiger partial charge in [-0.05, 0) is 18.2 Å². The molecule has 100 valence electrons. The van der Waals surface area contributed by atoms with E-state index in [-0.39, 0.29) is 23.3 Å². The van der Waals surface area contributed by atoms with Crippen LogP contribution in [-0.4, -0.2) is 0 Å². The highest BCUT2D eigenvalue weighted by Gasteiger charge is 2.10. The summed E-state index contributed by atoms with van der Waals surface area (Å²) in [6.45, 7) is 0.0456. The Morgan fingerprint density at radius 3 is 2.53 bits per heavy atom. The molecule has 2 aromatic carbocycles. The summed E-state index contributed by atoms with van der Waals surface area (Å²) in [5.41, 5.74) is 1.13. The van der Waals surface area contributed by atoms with Crippen molar-refractivity contribution in [3.63, 3.8) is 0 Å². The molecule has 2 rings (SSSR count). The Bertz CT molecular complexity index is 588. The molecule has 0 N–H and O–H groups in total. The van der Waals surface area contributed by atoms with Crippen molar-refractivity contribution < 1.29 is 13.5 Å². The smallest absolute Gasteiger partial charge is 0.165 e. The fourth-order valence-electron chi connectivity index (χ4n) is 1.61. The zero-order valence-corrected chi connectivity index (χ0v) is 11.3. The van der Waals surface area contributed by atoms with Crippen molar-refractivity contribution in [2.45, 2.75) is 12.5 Å². The van der Waals surface area contributed by atoms with E-state index in [2.05, 4.69) is 0 Å². The zero-order valence-electron chi connectivity index (χ0n) is 9.80. The van der Waals surface area contributed by atoms with Crippen molar-refractivity contribution in [2.24, 2.45) is 0 Å². The maximum Gasteiger partial charge on any atom is 0.165 e. The summed E-state index contributed by atoms with van der Waals surface area (Å²) in [7, 11) is 0. The van der Waals surface area contributed by atoms with Gasteiger partial charge in [-0.3, -0.25) is 0 Å². The third kappa shape index (κ3) is 3.37. The van der Waals surface area contributed by atoms with Gasteiger partial charge >= 0.3 is 0 Å². The van der Waals surface area contributed by atoms with Crippen LogP contribution in [0.4, 0.5) is 8.78 Å². The number of benzene rings is 2. The number of halogens is 4. The molecule has 0 radical (unpaired) electrons. The van der Waals surface area contributed by atoms with Crippen LogP contribution in [0.15, 0.2) is 36.4 Å². The van der Waals surface area contributed by atoms with Crippen molar-refractivity contribution in [3.05, 3.63) is 64.2 Å². The van der Waals surface area contributed by atoms with Gasteiger partial charge in [0, 0.05) is 11.1 Å². The predicted octanol–water partition coefficient (Wildman–Crippen LogP) is 4.94. The SMILES string of the molecule is Fc1ccc(COc2c(F)cccc2CCl)c(Cl)c1. The molecule has 1 nitrogen and oxygen atoms in total. The molecular weight excluding hydrogens is 293 g/mol. The highest BCUT2D eigenvalue weighted by Crippen LogP contribution is 2.26. The van der Waals surface area contributed by atoms with Crippen LogP contribution in [0.25, 0.3) is 0 Å². The van der Waals surface area contributed by atoms with Gasteiger partial charge in [0.2, 0.25) is 0 Å². The van der Waals surface area contributed by atoms with Gasteiger partial charge in [0.1, 0.15) is 12.4 Å². The van der Waals surface area contributed by atoms with E-state index in [1.807, 2.05) is 0 Å². The van der Waals surface area contributed by atoms with Crippen molar-refractivity contribution in [2.75, 3.05) is 0 Å². The largest absolute Gasteiger partial charge is 0.485 e. The quantitative estimate of drug-likeness (QED) is 0.727. The third-order valence-corrected chi connectivity index (χ3v) is 3.22. The maximum atomic E-state index is 13.6. The van der Waals surface area contributed by atoms with Gasteiger partial charge in [0.05, 0.1) is 10.9 Å². The van der Waals surface area contributed by atoms with Crippen molar-refractivity contribution >= 4 is 23.2 Å². The highest BCUT2D eigenvalue weighted by atomic mass is 35.5. The summed E-state index contributed by atoms with van der Waals surface area (Å²) in [6.07, 6.45) is 0. The molecule has 0 saturated heterocycles. The molecular formula is C14H10Cl2F2O. The van der Waals surface area contributed by atoms with E-state index in [1.165, 1.54) is 24.3 Å². The van der Waals surface area contributed by atoms with Gasteiger partial charge in [-0.15, -0.1) is 11.6 Å². The predicted molar refractivity (Wildman–Crippen MR) is 71.7 cm³/mol.